The van der Waals surface area contributed by atoms with Crippen molar-refractivity contribution in [2.24, 2.45) is 11.7 Å². The third kappa shape index (κ3) is 1.57. The summed E-state index contributed by atoms with van der Waals surface area (Å²) in [6, 6.07) is 1.40. The number of hydrogen-bond acceptors (Lipinski definition) is 2. The maximum atomic E-state index is 5.93. The Morgan fingerprint density at radius 1 is 1.27 bits per heavy atom. The van der Waals surface area contributed by atoms with Crippen molar-refractivity contribution in [3.8, 4) is 0 Å². The molecule has 2 heteroatoms. The fourth-order valence-electron chi connectivity index (χ4n) is 1.97. The second-order valence-corrected chi connectivity index (χ2v) is 4.16. The van der Waals surface area contributed by atoms with Crippen molar-refractivity contribution in [1.82, 2.24) is 4.90 Å². The minimum Gasteiger partial charge on any atom is -0.327 e. The summed E-state index contributed by atoms with van der Waals surface area (Å²) in [5.41, 5.74) is 5.93. The van der Waals surface area contributed by atoms with Crippen LogP contribution in [0.1, 0.15) is 26.2 Å². The van der Waals surface area contributed by atoms with Crippen molar-refractivity contribution in [3.63, 3.8) is 0 Å². The van der Waals surface area contributed by atoms with Gasteiger partial charge in [0.2, 0.25) is 0 Å². The van der Waals surface area contributed by atoms with E-state index in [1.807, 2.05) is 0 Å². The summed E-state index contributed by atoms with van der Waals surface area (Å²) in [5.74, 6) is 0.712. The quantitative estimate of drug-likeness (QED) is 0.606. The molecule has 1 saturated carbocycles. The minimum absolute atomic E-state index is 0.463. The lowest BCUT2D eigenvalue weighted by Gasteiger charge is -2.35. The second-order valence-electron chi connectivity index (χ2n) is 4.16. The van der Waals surface area contributed by atoms with E-state index in [0.717, 1.165) is 6.04 Å². The fourth-order valence-corrected chi connectivity index (χ4v) is 1.97. The molecule has 2 rings (SSSR count). The normalized spacial score (nSPS) is 40.9. The molecule has 2 nitrogen and oxygen atoms in total. The number of likely N-dealkylation sites (tertiary alicyclic amines) is 1. The zero-order valence-corrected chi connectivity index (χ0v) is 7.29. The van der Waals surface area contributed by atoms with Crippen LogP contribution in [0.15, 0.2) is 0 Å². The molecule has 2 aliphatic rings. The molecular formula is C9H18N2. The van der Waals surface area contributed by atoms with Gasteiger partial charge >= 0.3 is 0 Å². The molecule has 1 heterocycles. The van der Waals surface area contributed by atoms with E-state index >= 15 is 0 Å². The van der Waals surface area contributed by atoms with E-state index in [9.17, 15) is 0 Å². The largest absolute Gasteiger partial charge is 0.327 e. The first kappa shape index (κ1) is 7.56. The smallest absolute Gasteiger partial charge is 0.00965 e. The van der Waals surface area contributed by atoms with Crippen LogP contribution in [0.2, 0.25) is 0 Å². The second kappa shape index (κ2) is 2.76. The highest BCUT2D eigenvalue weighted by Gasteiger charge is 2.33. The summed E-state index contributed by atoms with van der Waals surface area (Å²) in [6.45, 7) is 4.77. The zero-order chi connectivity index (χ0) is 7.84. The molecule has 1 saturated heterocycles. The highest BCUT2D eigenvalue weighted by molar-refractivity contribution is 4.90. The van der Waals surface area contributed by atoms with Gasteiger partial charge in [-0.1, -0.05) is 6.92 Å². The van der Waals surface area contributed by atoms with Crippen molar-refractivity contribution in [2.75, 3.05) is 13.1 Å². The summed E-state index contributed by atoms with van der Waals surface area (Å²) < 4.78 is 0. The summed E-state index contributed by atoms with van der Waals surface area (Å²) in [5, 5.41) is 0. The van der Waals surface area contributed by atoms with Crippen molar-refractivity contribution in [1.29, 1.82) is 0 Å². The highest BCUT2D eigenvalue weighted by atomic mass is 15.2. The Bertz CT molecular complexity index is 142. The van der Waals surface area contributed by atoms with Crippen LogP contribution in [0.5, 0.6) is 0 Å². The Kier molecular flexibility index (Phi) is 1.90. The molecule has 0 bridgehead atoms. The number of nitrogens with two attached hydrogens (primary N) is 1. The Labute approximate surface area is 68.7 Å². The van der Waals surface area contributed by atoms with Gasteiger partial charge in [0.1, 0.15) is 0 Å². The molecule has 2 unspecified atom stereocenters. The van der Waals surface area contributed by atoms with Gasteiger partial charge in [-0.15, -0.1) is 0 Å². The molecule has 0 aromatic carbocycles. The van der Waals surface area contributed by atoms with E-state index in [1.54, 1.807) is 0 Å². The molecule has 1 aliphatic carbocycles. The van der Waals surface area contributed by atoms with Gasteiger partial charge in [0, 0.05) is 18.6 Å². The molecule has 0 amide bonds. The molecule has 2 fully saturated rings. The van der Waals surface area contributed by atoms with E-state index in [1.165, 1.54) is 32.4 Å². The number of hydrogen-bond donors (Lipinski definition) is 1. The van der Waals surface area contributed by atoms with Gasteiger partial charge in [0.15, 0.2) is 0 Å². The van der Waals surface area contributed by atoms with Gasteiger partial charge in [-0.2, -0.15) is 0 Å². The molecule has 2 atom stereocenters. The summed E-state index contributed by atoms with van der Waals surface area (Å²) in [6.07, 6.45) is 4.07. The van der Waals surface area contributed by atoms with Crippen molar-refractivity contribution in [2.45, 2.75) is 38.3 Å². The van der Waals surface area contributed by atoms with Crippen molar-refractivity contribution >= 4 is 0 Å². The predicted octanol–water partition coefficient (Wildman–Crippen LogP) is 0.818. The molecule has 0 aromatic rings. The third-order valence-corrected chi connectivity index (χ3v) is 3.07. The molecule has 2 N–H and O–H groups in total. The zero-order valence-electron chi connectivity index (χ0n) is 7.29. The summed E-state index contributed by atoms with van der Waals surface area (Å²) in [7, 11) is 0. The van der Waals surface area contributed by atoms with Crippen LogP contribution < -0.4 is 5.73 Å². The van der Waals surface area contributed by atoms with Crippen LogP contribution >= 0.6 is 0 Å². The first-order chi connectivity index (χ1) is 5.27. The van der Waals surface area contributed by atoms with Gasteiger partial charge in [-0.25, -0.2) is 0 Å². The minimum atomic E-state index is 0.463. The maximum Gasteiger partial charge on any atom is 0.00965 e. The third-order valence-electron chi connectivity index (χ3n) is 3.07. The Balaban J connectivity index is 1.86. The molecule has 11 heavy (non-hydrogen) atoms. The molecular weight excluding hydrogens is 136 g/mol. The highest BCUT2D eigenvalue weighted by Crippen LogP contribution is 2.30. The first-order valence-corrected chi connectivity index (χ1v) is 4.77. The van der Waals surface area contributed by atoms with Crippen molar-refractivity contribution < 1.29 is 0 Å². The van der Waals surface area contributed by atoms with Crippen LogP contribution in [-0.2, 0) is 0 Å². The van der Waals surface area contributed by atoms with Crippen LogP contribution in [0.3, 0.4) is 0 Å². The average molecular weight is 154 g/mol. The lowest BCUT2D eigenvalue weighted by molar-refractivity contribution is 0.157. The topological polar surface area (TPSA) is 29.3 Å². The van der Waals surface area contributed by atoms with E-state index in [4.69, 9.17) is 5.73 Å². The van der Waals surface area contributed by atoms with E-state index in [-0.39, 0.29) is 0 Å². The molecule has 1 aliphatic heterocycles. The van der Waals surface area contributed by atoms with Crippen LogP contribution in [0.25, 0.3) is 0 Å². The van der Waals surface area contributed by atoms with Gasteiger partial charge in [-0.05, 0) is 31.7 Å². The predicted molar refractivity (Wildman–Crippen MR) is 46.4 cm³/mol. The standard InChI is InChI=1S/C9H18N2/c1-7-6-11(8-2-3-8)5-4-9(7)10/h7-9H,2-6,10H2,1H3. The Hall–Kier alpha value is -0.0800. The fraction of sp³-hybridized carbons (Fsp3) is 1.00. The number of nitrogens with zero attached hydrogens (tertiary/aromatic N) is 1. The summed E-state index contributed by atoms with van der Waals surface area (Å²) >= 11 is 0. The van der Waals surface area contributed by atoms with Gasteiger partial charge in [-0.3, -0.25) is 0 Å². The molecule has 64 valence electrons. The Morgan fingerprint density at radius 3 is 2.55 bits per heavy atom. The summed E-state index contributed by atoms with van der Waals surface area (Å²) in [4.78, 5) is 2.62. The Morgan fingerprint density at radius 2 is 2.00 bits per heavy atom. The average Bonchev–Trinajstić information content (AvgIpc) is 2.77. The van der Waals surface area contributed by atoms with Crippen molar-refractivity contribution in [3.05, 3.63) is 0 Å². The molecule has 0 radical (unpaired) electrons. The first-order valence-electron chi connectivity index (χ1n) is 4.77. The van der Waals surface area contributed by atoms with Gasteiger partial charge in [0.25, 0.3) is 0 Å². The van der Waals surface area contributed by atoms with E-state index in [0.29, 0.717) is 12.0 Å². The van der Waals surface area contributed by atoms with E-state index < -0.39 is 0 Å². The van der Waals surface area contributed by atoms with Gasteiger partial charge in [0.05, 0.1) is 0 Å². The monoisotopic (exact) mass is 154 g/mol. The SMILES string of the molecule is CC1CN(C2CC2)CCC1N. The number of piperidine rings is 1. The maximum absolute atomic E-state index is 5.93. The lowest BCUT2D eigenvalue weighted by Crippen LogP contribution is -2.46. The molecule has 0 spiro atoms. The number of rotatable bonds is 1. The molecule has 0 aromatic heterocycles. The van der Waals surface area contributed by atoms with Gasteiger partial charge < -0.3 is 10.6 Å². The lowest BCUT2D eigenvalue weighted by atomic mass is 9.95. The van der Waals surface area contributed by atoms with E-state index in [2.05, 4.69) is 11.8 Å². The van der Waals surface area contributed by atoms with Crippen LogP contribution in [0, 0.1) is 5.92 Å². The van der Waals surface area contributed by atoms with Crippen LogP contribution in [0.4, 0.5) is 0 Å². The van der Waals surface area contributed by atoms with Crippen LogP contribution in [-0.4, -0.2) is 30.1 Å².